The quantitative estimate of drug-likeness (QED) is 0.919. The number of likely N-dealkylation sites (tertiary alicyclic amines) is 1. The molecule has 0 radical (unpaired) electrons. The summed E-state index contributed by atoms with van der Waals surface area (Å²) in [7, 11) is 0. The van der Waals surface area contributed by atoms with E-state index in [0.29, 0.717) is 12.3 Å². The summed E-state index contributed by atoms with van der Waals surface area (Å²) >= 11 is 1.71. The first-order valence-corrected chi connectivity index (χ1v) is 9.01. The molecule has 1 N–H and O–H groups in total. The van der Waals surface area contributed by atoms with Crippen molar-refractivity contribution in [3.8, 4) is 6.07 Å². The first kappa shape index (κ1) is 15.5. The molecule has 2 atom stereocenters. The Hall–Kier alpha value is -2.01. The molecule has 0 bridgehead atoms. The second-order valence-electron chi connectivity index (χ2n) is 6.45. The topological polar surface area (TPSA) is 74.1 Å². The summed E-state index contributed by atoms with van der Waals surface area (Å²) in [5, 5.41) is 15.5. The van der Waals surface area contributed by atoms with Crippen molar-refractivity contribution in [2.45, 2.75) is 31.0 Å². The molecule has 2 aromatic rings. The lowest BCUT2D eigenvalue weighted by atomic mass is 9.97. The summed E-state index contributed by atoms with van der Waals surface area (Å²) in [5.74, 6) is 0.748. The number of hydrogen-bond donors (Lipinski definition) is 1. The first-order valence-electron chi connectivity index (χ1n) is 8.13. The minimum atomic E-state index is -0.0538. The Labute approximate surface area is 145 Å². The minimum Gasteiger partial charge on any atom is -0.371 e. The smallest absolute Gasteiger partial charge is 0.142 e. The lowest BCUT2D eigenvalue weighted by Gasteiger charge is -2.23. The summed E-state index contributed by atoms with van der Waals surface area (Å²) in [5.41, 5.74) is 0.381. The van der Waals surface area contributed by atoms with Gasteiger partial charge >= 0.3 is 0 Å². The molecule has 6 nitrogen and oxygen atoms in total. The number of nitriles is 1. The van der Waals surface area contributed by atoms with Crippen molar-refractivity contribution in [1.82, 2.24) is 14.9 Å². The van der Waals surface area contributed by atoms with E-state index in [0.717, 1.165) is 43.3 Å². The van der Waals surface area contributed by atoms with E-state index in [4.69, 9.17) is 10.00 Å². The van der Waals surface area contributed by atoms with Gasteiger partial charge in [-0.1, -0.05) is 6.07 Å². The number of aromatic nitrogens is 2. The van der Waals surface area contributed by atoms with Crippen molar-refractivity contribution < 1.29 is 4.74 Å². The number of thiazole rings is 1. The fourth-order valence-corrected chi connectivity index (χ4v) is 4.25. The normalized spacial score (nSPS) is 26.7. The van der Waals surface area contributed by atoms with E-state index in [1.165, 1.54) is 0 Å². The van der Waals surface area contributed by atoms with Gasteiger partial charge in [0, 0.05) is 31.1 Å². The van der Waals surface area contributed by atoms with Gasteiger partial charge < -0.3 is 10.1 Å². The van der Waals surface area contributed by atoms with Crippen molar-refractivity contribution in [2.75, 3.05) is 25.0 Å². The second kappa shape index (κ2) is 6.48. The van der Waals surface area contributed by atoms with Crippen LogP contribution in [0.5, 0.6) is 0 Å². The highest BCUT2D eigenvalue weighted by molar-refractivity contribution is 7.09. The van der Waals surface area contributed by atoms with Crippen LogP contribution in [-0.4, -0.2) is 46.2 Å². The van der Waals surface area contributed by atoms with Gasteiger partial charge in [-0.05, 0) is 18.6 Å². The maximum atomic E-state index is 8.95. The van der Waals surface area contributed by atoms with Crippen LogP contribution < -0.4 is 5.32 Å². The van der Waals surface area contributed by atoms with Crippen LogP contribution in [0.2, 0.25) is 0 Å². The molecule has 0 aliphatic carbocycles. The van der Waals surface area contributed by atoms with Crippen molar-refractivity contribution in [1.29, 1.82) is 5.26 Å². The van der Waals surface area contributed by atoms with Gasteiger partial charge in [-0.3, -0.25) is 4.90 Å². The zero-order valence-corrected chi connectivity index (χ0v) is 14.1. The highest BCUT2D eigenvalue weighted by atomic mass is 32.1. The molecule has 2 aromatic heterocycles. The molecule has 124 valence electrons. The van der Waals surface area contributed by atoms with Gasteiger partial charge in [0.1, 0.15) is 22.6 Å². The van der Waals surface area contributed by atoms with E-state index < -0.39 is 0 Å². The van der Waals surface area contributed by atoms with Gasteiger partial charge in [0.15, 0.2) is 0 Å². The molecule has 24 heavy (non-hydrogen) atoms. The van der Waals surface area contributed by atoms with E-state index in [1.54, 1.807) is 17.4 Å². The van der Waals surface area contributed by atoms with Crippen molar-refractivity contribution in [3.63, 3.8) is 0 Å². The first-order chi connectivity index (χ1) is 11.7. The predicted molar refractivity (Wildman–Crippen MR) is 91.7 cm³/mol. The monoisotopic (exact) mass is 341 g/mol. The van der Waals surface area contributed by atoms with Crippen molar-refractivity contribution in [3.05, 3.63) is 40.5 Å². The van der Waals surface area contributed by atoms with E-state index in [-0.39, 0.29) is 11.6 Å². The van der Waals surface area contributed by atoms with Crippen molar-refractivity contribution >= 4 is 17.2 Å². The summed E-state index contributed by atoms with van der Waals surface area (Å²) < 4.78 is 6.18. The van der Waals surface area contributed by atoms with Crippen LogP contribution in [0.25, 0.3) is 0 Å². The lowest BCUT2D eigenvalue weighted by molar-refractivity contribution is 0.0120. The molecule has 0 saturated carbocycles. The van der Waals surface area contributed by atoms with Gasteiger partial charge in [0.25, 0.3) is 0 Å². The third kappa shape index (κ3) is 3.26. The van der Waals surface area contributed by atoms with Gasteiger partial charge in [-0.25, -0.2) is 9.97 Å². The maximum absolute atomic E-state index is 8.95. The summed E-state index contributed by atoms with van der Waals surface area (Å²) in [4.78, 5) is 11.1. The number of pyridine rings is 1. The van der Waals surface area contributed by atoms with Crippen molar-refractivity contribution in [2.24, 2.45) is 0 Å². The zero-order valence-electron chi connectivity index (χ0n) is 13.3. The molecule has 0 aromatic carbocycles. The van der Waals surface area contributed by atoms with Gasteiger partial charge in [0.2, 0.25) is 0 Å². The van der Waals surface area contributed by atoms with Crippen LogP contribution in [-0.2, 0) is 11.3 Å². The van der Waals surface area contributed by atoms with Gasteiger partial charge in [-0.15, -0.1) is 11.3 Å². The van der Waals surface area contributed by atoms with Crippen LogP contribution in [0.15, 0.2) is 29.8 Å². The molecule has 2 aliphatic heterocycles. The molecule has 2 fully saturated rings. The Balaban J connectivity index is 1.35. The average Bonchev–Trinajstić information content (AvgIpc) is 3.32. The van der Waals surface area contributed by atoms with Gasteiger partial charge in [-0.2, -0.15) is 5.26 Å². The summed E-state index contributed by atoms with van der Waals surface area (Å²) in [6.07, 6.45) is 3.89. The van der Waals surface area contributed by atoms with Crippen LogP contribution in [0.4, 0.5) is 5.82 Å². The van der Waals surface area contributed by atoms with Crippen LogP contribution >= 0.6 is 11.3 Å². The number of anilines is 1. The number of nitrogens with one attached hydrogen (secondary N) is 1. The Morgan fingerprint density at radius 1 is 1.50 bits per heavy atom. The molecule has 0 unspecified atom stereocenters. The molecule has 0 amide bonds. The largest absolute Gasteiger partial charge is 0.371 e. The second-order valence-corrected chi connectivity index (χ2v) is 7.42. The zero-order chi connectivity index (χ0) is 16.4. The predicted octanol–water partition coefficient (Wildman–Crippen LogP) is 2.26. The van der Waals surface area contributed by atoms with Crippen LogP contribution in [0.3, 0.4) is 0 Å². The Morgan fingerprint density at radius 2 is 2.46 bits per heavy atom. The Bertz CT molecular complexity index is 744. The molecular formula is C17H19N5OS. The molecule has 4 heterocycles. The van der Waals surface area contributed by atoms with E-state index in [2.05, 4.69) is 26.3 Å². The maximum Gasteiger partial charge on any atom is 0.142 e. The number of rotatable bonds is 4. The van der Waals surface area contributed by atoms with Crippen LogP contribution in [0, 0.1) is 11.3 Å². The molecule has 1 spiro atoms. The lowest BCUT2D eigenvalue weighted by Crippen LogP contribution is -2.33. The number of ether oxygens (including phenoxy) is 1. The third-order valence-corrected chi connectivity index (χ3v) is 5.43. The highest BCUT2D eigenvalue weighted by Crippen LogP contribution is 2.36. The van der Waals surface area contributed by atoms with E-state index >= 15 is 0 Å². The molecule has 2 saturated heterocycles. The molecule has 4 rings (SSSR count). The third-order valence-electron chi connectivity index (χ3n) is 4.66. The SMILES string of the molecule is N#Cc1cccc(N[C@@H]2CO[C@@]3(CCN(Cc4nccs4)C3)C2)n1. The summed E-state index contributed by atoms with van der Waals surface area (Å²) in [6.45, 7) is 3.60. The Kier molecular flexibility index (Phi) is 4.19. The Morgan fingerprint density at radius 3 is 3.29 bits per heavy atom. The number of hydrogen-bond acceptors (Lipinski definition) is 7. The minimum absolute atomic E-state index is 0.0538. The summed E-state index contributed by atoms with van der Waals surface area (Å²) in [6, 6.07) is 7.78. The van der Waals surface area contributed by atoms with E-state index in [9.17, 15) is 0 Å². The molecule has 7 heteroatoms. The molecule has 2 aliphatic rings. The fraction of sp³-hybridized carbons (Fsp3) is 0.471. The van der Waals surface area contributed by atoms with Gasteiger partial charge in [0.05, 0.1) is 24.8 Å². The standard InChI is InChI=1S/C17H19N5OS/c18-9-13-2-1-3-15(20-13)21-14-8-17(23-11-14)4-6-22(12-17)10-16-19-5-7-24-16/h1-3,5,7,14H,4,6,8,10-12H2,(H,20,21)/t14-,17-/m0/s1. The van der Waals surface area contributed by atoms with Crippen LogP contribution in [0.1, 0.15) is 23.5 Å². The van der Waals surface area contributed by atoms with E-state index in [1.807, 2.05) is 23.7 Å². The number of nitrogens with zero attached hydrogens (tertiary/aromatic N) is 4. The highest BCUT2D eigenvalue weighted by Gasteiger charge is 2.45. The average molecular weight is 341 g/mol. The molecular weight excluding hydrogens is 322 g/mol. The fourth-order valence-electron chi connectivity index (χ4n) is 3.59.